The van der Waals surface area contributed by atoms with Gasteiger partial charge >= 0.3 is 0 Å². The Labute approximate surface area is 175 Å². The van der Waals surface area contributed by atoms with E-state index in [4.69, 9.17) is 0 Å². The topological polar surface area (TPSA) is 76.9 Å². The number of para-hydroxylation sites is 2. The maximum atomic E-state index is 12.8. The number of nitrogens with zero attached hydrogens (tertiary/aromatic N) is 3. The van der Waals surface area contributed by atoms with Gasteiger partial charge in [0.25, 0.3) is 0 Å². The molecule has 0 aliphatic rings. The highest BCUT2D eigenvalue weighted by atomic mass is 32.1. The summed E-state index contributed by atoms with van der Waals surface area (Å²) >= 11 is 1.32. The van der Waals surface area contributed by atoms with Crippen LogP contribution in [0, 0.1) is 0 Å². The highest BCUT2D eigenvalue weighted by Crippen LogP contribution is 2.26. The highest BCUT2D eigenvalue weighted by Gasteiger charge is 2.14. The van der Waals surface area contributed by atoms with E-state index in [1.807, 2.05) is 71.3 Å². The molecule has 0 atom stereocenters. The van der Waals surface area contributed by atoms with Crippen LogP contribution in [0.25, 0.3) is 32.4 Å². The highest BCUT2D eigenvalue weighted by molar-refractivity contribution is 7.18. The Hall–Kier alpha value is -3.84. The normalized spacial score (nSPS) is 11.1. The molecule has 30 heavy (non-hydrogen) atoms. The molecule has 1 amide bonds. The lowest BCUT2D eigenvalue weighted by Gasteiger charge is -2.14. The zero-order valence-electron chi connectivity index (χ0n) is 15.8. The van der Waals surface area contributed by atoms with Crippen LogP contribution in [0.4, 0.5) is 5.13 Å². The Kier molecular flexibility index (Phi) is 4.57. The van der Waals surface area contributed by atoms with Gasteiger partial charge in [-0.25, -0.2) is 0 Å². The van der Waals surface area contributed by atoms with Crippen LogP contribution >= 0.6 is 11.3 Å². The number of aromatic nitrogens is 3. The average Bonchev–Trinajstić information content (AvgIpc) is 3.25. The van der Waals surface area contributed by atoms with Gasteiger partial charge in [-0.05, 0) is 24.3 Å². The quantitative estimate of drug-likeness (QED) is 0.446. The van der Waals surface area contributed by atoms with Gasteiger partial charge < -0.3 is 4.57 Å². The lowest BCUT2D eigenvalue weighted by atomic mass is 10.1. The predicted octanol–water partition coefficient (Wildman–Crippen LogP) is 4.31. The second kappa shape index (κ2) is 7.53. The van der Waals surface area contributed by atoms with E-state index in [2.05, 4.69) is 15.5 Å². The van der Waals surface area contributed by atoms with E-state index in [0.29, 0.717) is 15.9 Å². The molecule has 3 aromatic carbocycles. The van der Waals surface area contributed by atoms with Crippen molar-refractivity contribution in [2.24, 2.45) is 0 Å². The van der Waals surface area contributed by atoms with Crippen LogP contribution < -0.4 is 10.7 Å². The van der Waals surface area contributed by atoms with Gasteiger partial charge in [-0.15, -0.1) is 10.2 Å². The predicted molar refractivity (Wildman–Crippen MR) is 120 cm³/mol. The zero-order valence-corrected chi connectivity index (χ0v) is 16.6. The molecule has 0 aliphatic heterocycles. The van der Waals surface area contributed by atoms with E-state index in [-0.39, 0.29) is 17.9 Å². The maximum absolute atomic E-state index is 12.8. The molecule has 1 N–H and O–H groups in total. The Morgan fingerprint density at radius 1 is 0.833 bits per heavy atom. The summed E-state index contributed by atoms with van der Waals surface area (Å²) in [6.07, 6.45) is 0. The van der Waals surface area contributed by atoms with Crippen LogP contribution in [0.5, 0.6) is 0 Å². The third-order valence-electron chi connectivity index (χ3n) is 4.87. The number of benzene rings is 3. The lowest BCUT2D eigenvalue weighted by molar-refractivity contribution is -0.116. The van der Waals surface area contributed by atoms with Crippen molar-refractivity contribution in [3.05, 3.63) is 89.1 Å². The summed E-state index contributed by atoms with van der Waals surface area (Å²) in [7, 11) is 0. The second-order valence-electron chi connectivity index (χ2n) is 6.78. The Bertz CT molecular complexity index is 1380. The first-order valence-electron chi connectivity index (χ1n) is 9.40. The van der Waals surface area contributed by atoms with Crippen molar-refractivity contribution in [1.29, 1.82) is 0 Å². The number of fused-ring (bicyclic) bond motifs is 2. The Balaban J connectivity index is 1.49. The first-order chi connectivity index (χ1) is 14.7. The summed E-state index contributed by atoms with van der Waals surface area (Å²) < 4.78 is 1.86. The number of anilines is 1. The third kappa shape index (κ3) is 3.25. The number of carbonyl (C=O) groups excluding carboxylic acids is 1. The number of pyridine rings is 1. The van der Waals surface area contributed by atoms with Crippen LogP contribution in [0.15, 0.2) is 83.7 Å². The lowest BCUT2D eigenvalue weighted by Crippen LogP contribution is -2.21. The fraction of sp³-hybridized carbons (Fsp3) is 0.0435. The first kappa shape index (κ1) is 18.2. The second-order valence-corrected chi connectivity index (χ2v) is 7.75. The minimum Gasteiger partial charge on any atom is -0.331 e. The minimum absolute atomic E-state index is 0.0329. The molecule has 6 nitrogen and oxygen atoms in total. The number of hydrogen-bond donors (Lipinski definition) is 1. The van der Waals surface area contributed by atoms with Crippen LogP contribution in [0.3, 0.4) is 0 Å². The van der Waals surface area contributed by atoms with Crippen molar-refractivity contribution in [1.82, 2.24) is 14.8 Å². The fourth-order valence-corrected chi connectivity index (χ4v) is 4.29. The van der Waals surface area contributed by atoms with Gasteiger partial charge in [0.1, 0.15) is 11.6 Å². The van der Waals surface area contributed by atoms with Crippen molar-refractivity contribution < 1.29 is 4.79 Å². The summed E-state index contributed by atoms with van der Waals surface area (Å²) in [5.74, 6) is -0.232. The van der Waals surface area contributed by atoms with Crippen LogP contribution in [0.2, 0.25) is 0 Å². The summed E-state index contributed by atoms with van der Waals surface area (Å²) in [6.45, 7) is 0.0571. The number of nitrogens with one attached hydrogen (secondary N) is 1. The molecular weight excluding hydrogens is 396 g/mol. The Morgan fingerprint density at radius 3 is 2.10 bits per heavy atom. The van der Waals surface area contributed by atoms with Crippen LogP contribution in [-0.4, -0.2) is 20.7 Å². The van der Waals surface area contributed by atoms with Gasteiger partial charge in [-0.1, -0.05) is 65.9 Å². The molecule has 146 valence electrons. The van der Waals surface area contributed by atoms with Crippen molar-refractivity contribution in [2.75, 3.05) is 5.32 Å². The molecule has 0 aliphatic carbocycles. The molecule has 0 fully saturated rings. The van der Waals surface area contributed by atoms with Crippen molar-refractivity contribution >= 4 is 44.2 Å². The van der Waals surface area contributed by atoms with E-state index >= 15 is 0 Å². The van der Waals surface area contributed by atoms with Gasteiger partial charge in [0.05, 0.1) is 11.0 Å². The molecule has 2 aromatic heterocycles. The van der Waals surface area contributed by atoms with Crippen molar-refractivity contribution in [3.63, 3.8) is 0 Å². The molecule has 5 aromatic rings. The maximum Gasteiger partial charge on any atom is 0.246 e. The molecule has 0 spiro atoms. The van der Waals surface area contributed by atoms with Gasteiger partial charge in [0.2, 0.25) is 11.0 Å². The zero-order chi connectivity index (χ0) is 20.5. The molecule has 2 heterocycles. The summed E-state index contributed by atoms with van der Waals surface area (Å²) in [5, 5.41) is 13.4. The van der Waals surface area contributed by atoms with Gasteiger partial charge in [0.15, 0.2) is 5.43 Å². The molecule has 0 bridgehead atoms. The van der Waals surface area contributed by atoms with E-state index in [1.165, 1.54) is 11.3 Å². The molecule has 7 heteroatoms. The van der Waals surface area contributed by atoms with Gasteiger partial charge in [-0.2, -0.15) is 0 Å². The number of rotatable bonds is 4. The monoisotopic (exact) mass is 412 g/mol. The smallest absolute Gasteiger partial charge is 0.246 e. The SMILES string of the molecule is O=C(Cn1c2ccccc2c(=O)c2ccccc21)Nc1nnc(-c2ccccc2)s1. The molecule has 0 unspecified atom stereocenters. The largest absolute Gasteiger partial charge is 0.331 e. The van der Waals surface area contributed by atoms with Gasteiger partial charge in [-0.3, -0.25) is 14.9 Å². The number of carbonyl (C=O) groups is 1. The summed E-state index contributed by atoms with van der Waals surface area (Å²) in [5.41, 5.74) is 2.36. The van der Waals surface area contributed by atoms with E-state index < -0.39 is 0 Å². The molecule has 0 saturated heterocycles. The van der Waals surface area contributed by atoms with Crippen LogP contribution in [0.1, 0.15) is 0 Å². The standard InChI is InChI=1S/C23H16N4O2S/c28-20(24-23-26-25-22(30-23)15-8-2-1-3-9-15)14-27-18-12-6-4-10-16(18)21(29)17-11-5-7-13-19(17)27/h1-13H,14H2,(H,24,26,28). The minimum atomic E-state index is -0.232. The fourth-order valence-electron chi connectivity index (χ4n) is 3.52. The third-order valence-corrected chi connectivity index (χ3v) is 5.76. The van der Waals surface area contributed by atoms with E-state index in [1.54, 1.807) is 12.1 Å². The van der Waals surface area contributed by atoms with E-state index in [0.717, 1.165) is 21.6 Å². The molecule has 0 saturated carbocycles. The van der Waals surface area contributed by atoms with Crippen molar-refractivity contribution in [3.8, 4) is 10.6 Å². The molecule has 5 rings (SSSR count). The Morgan fingerprint density at radius 2 is 1.43 bits per heavy atom. The summed E-state index contributed by atoms with van der Waals surface area (Å²) in [4.78, 5) is 25.7. The first-order valence-corrected chi connectivity index (χ1v) is 10.2. The van der Waals surface area contributed by atoms with Crippen LogP contribution in [-0.2, 0) is 11.3 Å². The average molecular weight is 412 g/mol. The summed E-state index contributed by atoms with van der Waals surface area (Å²) in [6, 6.07) is 24.4. The molecule has 0 radical (unpaired) electrons. The van der Waals surface area contributed by atoms with Crippen molar-refractivity contribution in [2.45, 2.75) is 6.54 Å². The van der Waals surface area contributed by atoms with Gasteiger partial charge in [0, 0.05) is 16.3 Å². The number of hydrogen-bond acceptors (Lipinski definition) is 5. The molecular formula is C23H16N4O2S. The van der Waals surface area contributed by atoms with E-state index in [9.17, 15) is 9.59 Å². The number of amides is 1.